The monoisotopic (exact) mass is 330 g/mol. The quantitative estimate of drug-likeness (QED) is 0.539. The minimum Gasteiger partial charge on any atom is -0.495 e. The predicted molar refractivity (Wildman–Crippen MR) is 90.3 cm³/mol. The Balaban J connectivity index is 2.78. The minimum atomic E-state index is -0.989. The highest BCUT2D eigenvalue weighted by molar-refractivity contribution is 5.15. The zero-order chi connectivity index (χ0) is 17.1. The molecule has 0 radical (unpaired) electrons. The van der Waals surface area contributed by atoms with Gasteiger partial charge in [-0.05, 0) is 25.3 Å². The summed E-state index contributed by atoms with van der Waals surface area (Å²) >= 11 is 0. The fraction of sp³-hybridized carbons (Fsp3) is 0.889. The van der Waals surface area contributed by atoms with Gasteiger partial charge >= 0.3 is 0 Å². The number of unbranched alkanes of at least 4 members (excludes halogenated alkanes) is 3. The Morgan fingerprint density at radius 2 is 1.43 bits per heavy atom. The second-order valence-electron chi connectivity index (χ2n) is 6.09. The van der Waals surface area contributed by atoms with Crippen LogP contribution in [0, 0.1) is 0 Å². The molecule has 1 aliphatic carbocycles. The molecule has 0 aromatic carbocycles. The summed E-state index contributed by atoms with van der Waals surface area (Å²) in [5.41, 5.74) is 0. The van der Waals surface area contributed by atoms with Crippen LogP contribution in [0.1, 0.15) is 59.3 Å². The Morgan fingerprint density at radius 3 is 2.04 bits per heavy atom. The molecule has 0 aromatic rings. The van der Waals surface area contributed by atoms with Crippen LogP contribution in [0.25, 0.3) is 0 Å². The first-order valence-electron chi connectivity index (χ1n) is 9.09. The molecule has 0 saturated carbocycles. The van der Waals surface area contributed by atoms with Crippen molar-refractivity contribution in [3.05, 3.63) is 11.8 Å². The van der Waals surface area contributed by atoms with Crippen LogP contribution in [-0.2, 0) is 14.2 Å². The van der Waals surface area contributed by atoms with Crippen LogP contribution in [0.15, 0.2) is 11.8 Å². The Bertz CT molecular complexity index is 331. The molecule has 5 nitrogen and oxygen atoms in total. The lowest BCUT2D eigenvalue weighted by molar-refractivity contribution is -0.154. The van der Waals surface area contributed by atoms with Gasteiger partial charge in [0.2, 0.25) is 0 Å². The van der Waals surface area contributed by atoms with E-state index in [9.17, 15) is 10.2 Å². The summed E-state index contributed by atoms with van der Waals surface area (Å²) in [5.74, 6) is 0.592. The fourth-order valence-electron chi connectivity index (χ4n) is 2.44. The summed E-state index contributed by atoms with van der Waals surface area (Å²) < 4.78 is 17.6. The molecule has 0 aromatic heterocycles. The maximum Gasteiger partial charge on any atom is 0.143 e. The van der Waals surface area contributed by atoms with Crippen LogP contribution < -0.4 is 0 Å². The average molecular weight is 330 g/mol. The summed E-state index contributed by atoms with van der Waals surface area (Å²) in [6.45, 7) is 8.01. The lowest BCUT2D eigenvalue weighted by Crippen LogP contribution is -2.51. The van der Waals surface area contributed by atoms with Gasteiger partial charge in [-0.15, -0.1) is 0 Å². The Labute approximate surface area is 140 Å². The summed E-state index contributed by atoms with van der Waals surface area (Å²) in [6.07, 6.45) is 4.45. The molecular formula is C18H34O5. The highest BCUT2D eigenvalue weighted by Crippen LogP contribution is 2.27. The van der Waals surface area contributed by atoms with Crippen LogP contribution >= 0.6 is 0 Å². The second kappa shape index (κ2) is 11.8. The number of ether oxygens (including phenoxy) is 3. The maximum absolute atomic E-state index is 10.3. The lowest BCUT2D eigenvalue weighted by Gasteiger charge is -2.37. The molecule has 0 aliphatic heterocycles. The first-order chi connectivity index (χ1) is 11.2. The summed E-state index contributed by atoms with van der Waals surface area (Å²) in [5, 5.41) is 20.4. The van der Waals surface area contributed by atoms with E-state index in [1.807, 2.05) is 0 Å². The molecule has 23 heavy (non-hydrogen) atoms. The van der Waals surface area contributed by atoms with E-state index in [0.29, 0.717) is 25.6 Å². The van der Waals surface area contributed by atoms with Crippen LogP contribution in [0.5, 0.6) is 0 Å². The van der Waals surface area contributed by atoms with E-state index in [-0.39, 0.29) is 0 Å². The molecule has 0 saturated heterocycles. The van der Waals surface area contributed by atoms with Crippen molar-refractivity contribution in [3.63, 3.8) is 0 Å². The van der Waals surface area contributed by atoms with E-state index in [1.165, 1.54) is 0 Å². The third-order valence-corrected chi connectivity index (χ3v) is 3.97. The average Bonchev–Trinajstić information content (AvgIpc) is 2.54. The van der Waals surface area contributed by atoms with Gasteiger partial charge in [0.1, 0.15) is 30.2 Å². The van der Waals surface area contributed by atoms with Crippen LogP contribution in [-0.4, -0.2) is 54.4 Å². The van der Waals surface area contributed by atoms with E-state index in [4.69, 9.17) is 14.2 Å². The van der Waals surface area contributed by atoms with Gasteiger partial charge in [0, 0.05) is 13.2 Å². The topological polar surface area (TPSA) is 68.2 Å². The van der Waals surface area contributed by atoms with Gasteiger partial charge in [0.05, 0.1) is 6.61 Å². The minimum absolute atomic E-state index is 0.450. The Morgan fingerprint density at radius 1 is 0.870 bits per heavy atom. The summed E-state index contributed by atoms with van der Waals surface area (Å²) in [4.78, 5) is 0. The highest BCUT2D eigenvalue weighted by atomic mass is 16.6. The molecule has 2 N–H and O–H groups in total. The third-order valence-electron chi connectivity index (χ3n) is 3.97. The van der Waals surface area contributed by atoms with Gasteiger partial charge in [0.15, 0.2) is 0 Å². The number of hydrogen-bond donors (Lipinski definition) is 2. The van der Waals surface area contributed by atoms with Gasteiger partial charge < -0.3 is 24.4 Å². The third kappa shape index (κ3) is 6.79. The van der Waals surface area contributed by atoms with Gasteiger partial charge in [-0.1, -0.05) is 40.0 Å². The maximum atomic E-state index is 10.3. The van der Waals surface area contributed by atoms with Crippen molar-refractivity contribution in [2.45, 2.75) is 83.7 Å². The molecule has 136 valence electrons. The van der Waals surface area contributed by atoms with Crippen molar-refractivity contribution >= 4 is 0 Å². The van der Waals surface area contributed by atoms with Crippen LogP contribution in [0.2, 0.25) is 0 Å². The number of aliphatic hydroxyl groups is 2. The van der Waals surface area contributed by atoms with Crippen molar-refractivity contribution in [2.75, 3.05) is 19.8 Å². The van der Waals surface area contributed by atoms with Crippen molar-refractivity contribution in [2.24, 2.45) is 0 Å². The molecule has 0 bridgehead atoms. The van der Waals surface area contributed by atoms with Crippen molar-refractivity contribution in [3.8, 4) is 0 Å². The van der Waals surface area contributed by atoms with E-state index in [2.05, 4.69) is 20.8 Å². The molecule has 5 heteroatoms. The molecule has 0 amide bonds. The van der Waals surface area contributed by atoms with Crippen LogP contribution in [0.3, 0.4) is 0 Å². The summed E-state index contributed by atoms with van der Waals surface area (Å²) in [6, 6.07) is 0. The Kier molecular flexibility index (Phi) is 10.5. The van der Waals surface area contributed by atoms with Gasteiger partial charge in [0.25, 0.3) is 0 Å². The lowest BCUT2D eigenvalue weighted by atomic mass is 9.94. The SMILES string of the molecule is CCCCOC1=C[C@@H](O)C(O)C(OCCCC)[C@H]1OCCCC. The smallest absolute Gasteiger partial charge is 0.143 e. The zero-order valence-corrected chi connectivity index (χ0v) is 14.9. The molecular weight excluding hydrogens is 296 g/mol. The molecule has 1 rings (SSSR count). The summed E-state index contributed by atoms with van der Waals surface area (Å²) in [7, 11) is 0. The molecule has 0 fully saturated rings. The molecule has 0 heterocycles. The second-order valence-corrected chi connectivity index (χ2v) is 6.09. The van der Waals surface area contributed by atoms with Gasteiger partial charge in [-0.25, -0.2) is 0 Å². The van der Waals surface area contributed by atoms with Crippen molar-refractivity contribution < 1.29 is 24.4 Å². The van der Waals surface area contributed by atoms with Crippen molar-refractivity contribution in [1.29, 1.82) is 0 Å². The predicted octanol–water partition coefficient (Wildman–Crippen LogP) is 2.79. The van der Waals surface area contributed by atoms with E-state index in [0.717, 1.165) is 38.5 Å². The number of aliphatic hydroxyl groups excluding tert-OH is 2. The first kappa shape index (κ1) is 20.4. The molecule has 2 unspecified atom stereocenters. The van der Waals surface area contributed by atoms with Gasteiger partial charge in [-0.3, -0.25) is 0 Å². The van der Waals surface area contributed by atoms with Crippen molar-refractivity contribution in [1.82, 2.24) is 0 Å². The fourth-order valence-corrected chi connectivity index (χ4v) is 2.44. The molecule has 4 atom stereocenters. The van der Waals surface area contributed by atoms with Gasteiger partial charge in [-0.2, -0.15) is 0 Å². The normalized spacial score (nSPS) is 27.8. The number of hydrogen-bond acceptors (Lipinski definition) is 5. The molecule has 0 spiro atoms. The molecule has 1 aliphatic rings. The first-order valence-corrected chi connectivity index (χ1v) is 9.09. The highest BCUT2D eigenvalue weighted by Gasteiger charge is 2.41. The zero-order valence-electron chi connectivity index (χ0n) is 14.9. The van der Waals surface area contributed by atoms with E-state index >= 15 is 0 Å². The van der Waals surface area contributed by atoms with E-state index < -0.39 is 24.4 Å². The van der Waals surface area contributed by atoms with Crippen LogP contribution in [0.4, 0.5) is 0 Å². The largest absolute Gasteiger partial charge is 0.495 e. The number of rotatable bonds is 12. The standard InChI is InChI=1S/C18H34O5/c1-4-7-10-21-15-13-14(19)16(20)18(23-12-9-6-3)17(15)22-11-8-5-2/h13-14,16-20H,4-12H2,1-3H3/t14-,16?,17+,18?/m1/s1. The Hall–Kier alpha value is -0.620. The van der Waals surface area contributed by atoms with E-state index in [1.54, 1.807) is 6.08 Å².